The largest absolute Gasteiger partial charge is 0.390 e. The van der Waals surface area contributed by atoms with Crippen molar-refractivity contribution in [3.63, 3.8) is 0 Å². The summed E-state index contributed by atoms with van der Waals surface area (Å²) in [6, 6.07) is 1.26. The molecular formula is C10H13ClFNO2. The summed E-state index contributed by atoms with van der Waals surface area (Å²) in [5, 5.41) is 19.2. The summed E-state index contributed by atoms with van der Waals surface area (Å²) in [6.45, 7) is 1.63. The first kappa shape index (κ1) is 12.4. The van der Waals surface area contributed by atoms with Crippen LogP contribution in [-0.2, 0) is 0 Å². The summed E-state index contributed by atoms with van der Waals surface area (Å²) >= 11 is 5.44. The molecular weight excluding hydrogens is 221 g/mol. The van der Waals surface area contributed by atoms with Crippen molar-refractivity contribution in [1.82, 2.24) is 4.98 Å². The highest BCUT2D eigenvalue weighted by molar-refractivity contribution is 6.17. The van der Waals surface area contributed by atoms with Crippen molar-refractivity contribution in [2.24, 2.45) is 0 Å². The maximum Gasteiger partial charge on any atom is 0.141 e. The Morgan fingerprint density at radius 1 is 1.53 bits per heavy atom. The zero-order valence-electron chi connectivity index (χ0n) is 8.32. The van der Waals surface area contributed by atoms with Gasteiger partial charge in [-0.15, -0.1) is 11.6 Å². The average Bonchev–Trinajstić information content (AvgIpc) is 2.17. The van der Waals surface area contributed by atoms with Crippen LogP contribution in [0.25, 0.3) is 0 Å². The van der Waals surface area contributed by atoms with Crippen LogP contribution in [0.15, 0.2) is 12.3 Å². The number of aromatic nitrogens is 1. The first-order valence-corrected chi connectivity index (χ1v) is 5.14. The summed E-state index contributed by atoms with van der Waals surface area (Å²) < 4.78 is 12.7. The number of aliphatic hydroxyl groups is 2. The number of halogens is 2. The fourth-order valence-corrected chi connectivity index (χ4v) is 1.54. The second kappa shape index (κ2) is 5.39. The lowest BCUT2D eigenvalue weighted by Gasteiger charge is -2.17. The van der Waals surface area contributed by atoms with Gasteiger partial charge < -0.3 is 10.2 Å². The molecule has 3 nitrogen and oxygen atoms in total. The molecule has 0 fully saturated rings. The molecule has 15 heavy (non-hydrogen) atoms. The van der Waals surface area contributed by atoms with Crippen LogP contribution in [-0.4, -0.2) is 27.2 Å². The van der Waals surface area contributed by atoms with E-state index in [1.54, 1.807) is 6.92 Å². The fraction of sp³-hybridized carbons (Fsp3) is 0.500. The zero-order chi connectivity index (χ0) is 11.4. The Balaban J connectivity index is 2.86. The van der Waals surface area contributed by atoms with E-state index in [2.05, 4.69) is 4.98 Å². The van der Waals surface area contributed by atoms with Crippen molar-refractivity contribution in [2.75, 3.05) is 5.88 Å². The van der Waals surface area contributed by atoms with Crippen LogP contribution in [0.5, 0.6) is 0 Å². The second-order valence-corrected chi connectivity index (χ2v) is 3.72. The third kappa shape index (κ3) is 3.12. The van der Waals surface area contributed by atoms with E-state index in [0.29, 0.717) is 5.56 Å². The highest BCUT2D eigenvalue weighted by Gasteiger charge is 2.20. The number of aliphatic hydroxyl groups excluding tert-OH is 2. The minimum atomic E-state index is -1.12. The van der Waals surface area contributed by atoms with Gasteiger partial charge in [-0.1, -0.05) is 0 Å². The highest BCUT2D eigenvalue weighted by Crippen LogP contribution is 2.20. The van der Waals surface area contributed by atoms with Crippen LogP contribution in [0.3, 0.4) is 0 Å². The predicted molar refractivity (Wildman–Crippen MR) is 55.2 cm³/mol. The Hall–Kier alpha value is -0.710. The van der Waals surface area contributed by atoms with E-state index in [4.69, 9.17) is 11.6 Å². The third-order valence-corrected chi connectivity index (χ3v) is 2.35. The predicted octanol–water partition coefficient (Wildman–Crippen LogP) is 1.55. The molecule has 1 aromatic heterocycles. The second-order valence-electron chi connectivity index (χ2n) is 3.35. The number of pyridine rings is 1. The van der Waals surface area contributed by atoms with Gasteiger partial charge in [0, 0.05) is 5.88 Å². The van der Waals surface area contributed by atoms with Crippen LogP contribution in [0.2, 0.25) is 0 Å². The maximum absolute atomic E-state index is 12.7. The first-order valence-electron chi connectivity index (χ1n) is 4.60. The molecule has 0 bridgehead atoms. The van der Waals surface area contributed by atoms with Crippen molar-refractivity contribution in [2.45, 2.75) is 25.6 Å². The van der Waals surface area contributed by atoms with Crippen LogP contribution in [0.1, 0.15) is 23.8 Å². The molecule has 1 rings (SSSR count). The van der Waals surface area contributed by atoms with Crippen LogP contribution >= 0.6 is 11.6 Å². The monoisotopic (exact) mass is 233 g/mol. The van der Waals surface area contributed by atoms with Gasteiger partial charge in [-0.05, 0) is 25.0 Å². The molecule has 2 N–H and O–H groups in total. The zero-order valence-corrected chi connectivity index (χ0v) is 9.08. The molecule has 2 unspecified atom stereocenters. The smallest absolute Gasteiger partial charge is 0.141 e. The Labute approximate surface area is 92.5 Å². The van der Waals surface area contributed by atoms with E-state index in [1.807, 2.05) is 0 Å². The number of rotatable bonds is 4. The molecule has 0 aliphatic heterocycles. The summed E-state index contributed by atoms with van der Waals surface area (Å²) in [5.74, 6) is -0.214. The summed E-state index contributed by atoms with van der Waals surface area (Å²) in [4.78, 5) is 3.75. The quantitative estimate of drug-likeness (QED) is 0.776. The summed E-state index contributed by atoms with van der Waals surface area (Å²) in [5.41, 5.74) is 0.796. The molecule has 0 radical (unpaired) electrons. The molecule has 2 atom stereocenters. The number of nitrogens with zero attached hydrogens (tertiary/aromatic N) is 1. The number of hydrogen-bond donors (Lipinski definition) is 2. The van der Waals surface area contributed by atoms with Crippen molar-refractivity contribution in [3.8, 4) is 0 Å². The van der Waals surface area contributed by atoms with Crippen LogP contribution in [0.4, 0.5) is 4.39 Å². The van der Waals surface area contributed by atoms with Crippen molar-refractivity contribution >= 4 is 11.6 Å². The highest BCUT2D eigenvalue weighted by atomic mass is 35.5. The topological polar surface area (TPSA) is 53.4 Å². The van der Waals surface area contributed by atoms with Gasteiger partial charge in [-0.2, -0.15) is 0 Å². The van der Waals surface area contributed by atoms with Crippen molar-refractivity contribution < 1.29 is 14.6 Å². The van der Waals surface area contributed by atoms with Crippen LogP contribution < -0.4 is 0 Å². The van der Waals surface area contributed by atoms with E-state index in [-0.39, 0.29) is 18.0 Å². The van der Waals surface area contributed by atoms with E-state index in [1.165, 1.54) is 6.07 Å². The number of aryl methyl sites for hydroxylation is 1. The minimum Gasteiger partial charge on any atom is -0.390 e. The van der Waals surface area contributed by atoms with Crippen LogP contribution in [0, 0.1) is 12.7 Å². The Morgan fingerprint density at radius 2 is 2.20 bits per heavy atom. The van der Waals surface area contributed by atoms with E-state index in [0.717, 1.165) is 6.20 Å². The molecule has 0 aliphatic carbocycles. The molecule has 0 spiro atoms. The van der Waals surface area contributed by atoms with E-state index >= 15 is 0 Å². The van der Waals surface area contributed by atoms with Gasteiger partial charge in [0.2, 0.25) is 0 Å². The SMILES string of the molecule is Cc1cc(F)cnc1C(O)C(O)CCCl. The van der Waals surface area contributed by atoms with Crippen molar-refractivity contribution in [3.05, 3.63) is 29.3 Å². The molecule has 0 saturated heterocycles. The lowest BCUT2D eigenvalue weighted by Crippen LogP contribution is -2.20. The third-order valence-electron chi connectivity index (χ3n) is 2.13. The van der Waals surface area contributed by atoms with Gasteiger partial charge in [-0.3, -0.25) is 4.98 Å². The first-order chi connectivity index (χ1) is 7.06. The van der Waals surface area contributed by atoms with Gasteiger partial charge in [-0.25, -0.2) is 4.39 Å². The van der Waals surface area contributed by atoms with Gasteiger partial charge in [0.05, 0.1) is 18.0 Å². The fourth-order valence-electron chi connectivity index (χ4n) is 1.31. The van der Waals surface area contributed by atoms with Gasteiger partial charge >= 0.3 is 0 Å². The molecule has 0 aromatic carbocycles. The van der Waals surface area contributed by atoms with E-state index in [9.17, 15) is 14.6 Å². The van der Waals surface area contributed by atoms with E-state index < -0.39 is 18.0 Å². The summed E-state index contributed by atoms with van der Waals surface area (Å²) in [7, 11) is 0. The number of hydrogen-bond acceptors (Lipinski definition) is 3. The molecule has 1 aromatic rings. The standard InChI is InChI=1S/C10H13ClFNO2/c1-6-4-7(12)5-13-9(6)10(15)8(14)2-3-11/h4-5,8,10,14-15H,2-3H2,1H3. The number of alkyl halides is 1. The molecule has 0 amide bonds. The minimum absolute atomic E-state index is 0.248. The Bertz CT molecular complexity index is 335. The molecule has 84 valence electrons. The lowest BCUT2D eigenvalue weighted by atomic mass is 10.0. The molecule has 5 heteroatoms. The Kier molecular flexibility index (Phi) is 4.45. The Morgan fingerprint density at radius 3 is 2.73 bits per heavy atom. The molecule has 1 heterocycles. The molecule has 0 saturated carbocycles. The maximum atomic E-state index is 12.7. The van der Waals surface area contributed by atoms with Gasteiger partial charge in [0.25, 0.3) is 0 Å². The van der Waals surface area contributed by atoms with Gasteiger partial charge in [0.1, 0.15) is 11.9 Å². The van der Waals surface area contributed by atoms with Crippen molar-refractivity contribution in [1.29, 1.82) is 0 Å². The molecule has 0 aliphatic rings. The van der Waals surface area contributed by atoms with Gasteiger partial charge in [0.15, 0.2) is 0 Å². The lowest BCUT2D eigenvalue weighted by molar-refractivity contribution is 0.0140. The average molecular weight is 234 g/mol. The normalized spacial score (nSPS) is 15.0. The summed E-state index contributed by atoms with van der Waals surface area (Å²) in [6.07, 6.45) is -0.816.